The lowest BCUT2D eigenvalue weighted by molar-refractivity contribution is -0.134. The van der Waals surface area contributed by atoms with Crippen LogP contribution in [0.25, 0.3) is 10.8 Å². The Morgan fingerprint density at radius 2 is 1.30 bits per heavy atom. The van der Waals surface area contributed by atoms with E-state index in [9.17, 15) is 9.59 Å². The molecular weight excluding hydrogens is 528 g/mol. The number of unbranched alkanes of at least 4 members (excludes halogenated alkanes) is 4. The standard InChI is InChI=1S/C33H41ClO6/c1-5-9-10-11-12-13-28(35)39-29-26-19-18-25(34)22-27(26)30(32(38-21-7-3)31(29)37-20-6-2)40-33(36)24-16-14-23(8-4)15-17-24/h14-19,22H,5-13,20-21H2,1-4H3. The zero-order valence-corrected chi connectivity index (χ0v) is 24.9. The van der Waals surface area contributed by atoms with Crippen LogP contribution in [-0.2, 0) is 11.2 Å². The summed E-state index contributed by atoms with van der Waals surface area (Å²) >= 11 is 6.41. The Kier molecular flexibility index (Phi) is 12.6. The molecular formula is C33H41ClO6. The van der Waals surface area contributed by atoms with Crippen molar-refractivity contribution in [3.8, 4) is 23.0 Å². The van der Waals surface area contributed by atoms with Crippen LogP contribution in [0.4, 0.5) is 0 Å². The maximum atomic E-state index is 13.3. The zero-order valence-electron chi connectivity index (χ0n) is 24.1. The van der Waals surface area contributed by atoms with Crippen LogP contribution >= 0.6 is 11.6 Å². The summed E-state index contributed by atoms with van der Waals surface area (Å²) in [6.45, 7) is 8.87. The Hall–Kier alpha value is -3.25. The topological polar surface area (TPSA) is 71.1 Å². The summed E-state index contributed by atoms with van der Waals surface area (Å²) in [6, 6.07) is 12.4. The lowest BCUT2D eigenvalue weighted by atomic mass is 10.1. The van der Waals surface area contributed by atoms with Gasteiger partial charge in [0.05, 0.1) is 18.8 Å². The maximum Gasteiger partial charge on any atom is 0.343 e. The molecule has 0 atom stereocenters. The summed E-state index contributed by atoms with van der Waals surface area (Å²) in [4.78, 5) is 26.3. The SMILES string of the molecule is CCCCCCCC(=O)Oc1c(OCCC)c(OCCC)c(OC(=O)c2ccc(CC)cc2)c2cc(Cl)ccc12. The molecule has 0 fully saturated rings. The number of rotatable bonds is 16. The molecule has 0 radical (unpaired) electrons. The van der Waals surface area contributed by atoms with Crippen molar-refractivity contribution in [1.82, 2.24) is 0 Å². The van der Waals surface area contributed by atoms with Crippen molar-refractivity contribution in [2.24, 2.45) is 0 Å². The van der Waals surface area contributed by atoms with Crippen LogP contribution in [0.15, 0.2) is 42.5 Å². The Bertz CT molecular complexity index is 1270. The van der Waals surface area contributed by atoms with Gasteiger partial charge in [-0.1, -0.05) is 77.1 Å². The summed E-state index contributed by atoms with van der Waals surface area (Å²) in [6.07, 6.45) is 7.68. The van der Waals surface area contributed by atoms with Gasteiger partial charge >= 0.3 is 11.9 Å². The Labute approximate surface area is 242 Å². The normalized spacial score (nSPS) is 10.9. The number of carbonyl (C=O) groups is 2. The number of esters is 2. The van der Waals surface area contributed by atoms with Gasteiger partial charge in [0.2, 0.25) is 11.5 Å². The van der Waals surface area contributed by atoms with Crippen molar-refractivity contribution in [2.45, 2.75) is 85.5 Å². The van der Waals surface area contributed by atoms with E-state index >= 15 is 0 Å². The Morgan fingerprint density at radius 3 is 1.90 bits per heavy atom. The van der Waals surface area contributed by atoms with Gasteiger partial charge in [-0.2, -0.15) is 0 Å². The summed E-state index contributed by atoms with van der Waals surface area (Å²) < 4.78 is 24.3. The van der Waals surface area contributed by atoms with Gasteiger partial charge in [0, 0.05) is 22.2 Å². The average Bonchev–Trinajstić information content (AvgIpc) is 2.96. The molecule has 0 saturated heterocycles. The first kappa shape index (κ1) is 31.3. The van der Waals surface area contributed by atoms with E-state index in [4.69, 9.17) is 30.5 Å². The van der Waals surface area contributed by atoms with Gasteiger partial charge in [0.15, 0.2) is 11.5 Å². The molecule has 40 heavy (non-hydrogen) atoms. The lowest BCUT2D eigenvalue weighted by Crippen LogP contribution is -2.14. The van der Waals surface area contributed by atoms with Crippen LogP contribution in [0.3, 0.4) is 0 Å². The Balaban J connectivity index is 2.10. The molecule has 0 aliphatic heterocycles. The van der Waals surface area contributed by atoms with E-state index in [1.165, 1.54) is 0 Å². The van der Waals surface area contributed by atoms with E-state index < -0.39 is 5.97 Å². The van der Waals surface area contributed by atoms with Gasteiger partial charge in [-0.05, 0) is 61.6 Å². The zero-order chi connectivity index (χ0) is 28.9. The van der Waals surface area contributed by atoms with E-state index in [2.05, 4.69) is 13.8 Å². The smallest absolute Gasteiger partial charge is 0.343 e. The first-order chi connectivity index (χ1) is 19.4. The maximum absolute atomic E-state index is 13.3. The third kappa shape index (κ3) is 8.37. The van der Waals surface area contributed by atoms with Crippen molar-refractivity contribution in [2.75, 3.05) is 13.2 Å². The lowest BCUT2D eigenvalue weighted by Gasteiger charge is -2.21. The van der Waals surface area contributed by atoms with E-state index in [0.29, 0.717) is 47.4 Å². The first-order valence-electron chi connectivity index (χ1n) is 14.5. The van der Waals surface area contributed by atoms with Gasteiger partial charge < -0.3 is 18.9 Å². The van der Waals surface area contributed by atoms with E-state index in [-0.39, 0.29) is 29.0 Å². The molecule has 0 N–H and O–H groups in total. The molecule has 0 amide bonds. The van der Waals surface area contributed by atoms with Crippen molar-refractivity contribution in [1.29, 1.82) is 0 Å². The Morgan fingerprint density at radius 1 is 0.675 bits per heavy atom. The molecule has 7 heteroatoms. The van der Waals surface area contributed by atoms with Gasteiger partial charge in [-0.15, -0.1) is 0 Å². The average molecular weight is 569 g/mol. The van der Waals surface area contributed by atoms with Gasteiger partial charge in [0.1, 0.15) is 0 Å². The highest BCUT2D eigenvalue weighted by atomic mass is 35.5. The minimum absolute atomic E-state index is 0.181. The molecule has 0 unspecified atom stereocenters. The second-order valence-electron chi connectivity index (χ2n) is 9.78. The number of halogens is 1. The number of hydrogen-bond donors (Lipinski definition) is 0. The summed E-state index contributed by atoms with van der Waals surface area (Å²) in [5.74, 6) is 0.000582. The van der Waals surface area contributed by atoms with Gasteiger partial charge in [-0.25, -0.2) is 4.79 Å². The van der Waals surface area contributed by atoms with Crippen molar-refractivity contribution in [3.63, 3.8) is 0 Å². The molecule has 0 aliphatic carbocycles. The predicted molar refractivity (Wildman–Crippen MR) is 160 cm³/mol. The summed E-state index contributed by atoms with van der Waals surface area (Å²) in [7, 11) is 0. The number of hydrogen-bond acceptors (Lipinski definition) is 6. The molecule has 216 valence electrons. The number of aryl methyl sites for hydroxylation is 1. The first-order valence-corrected chi connectivity index (χ1v) is 14.9. The molecule has 3 rings (SSSR count). The monoisotopic (exact) mass is 568 g/mol. The number of ether oxygens (including phenoxy) is 4. The van der Waals surface area contributed by atoms with Crippen LogP contribution < -0.4 is 18.9 Å². The fourth-order valence-corrected chi connectivity index (χ4v) is 4.46. The highest BCUT2D eigenvalue weighted by molar-refractivity contribution is 6.31. The second-order valence-corrected chi connectivity index (χ2v) is 10.2. The molecule has 6 nitrogen and oxygen atoms in total. The van der Waals surface area contributed by atoms with Gasteiger partial charge in [0.25, 0.3) is 0 Å². The van der Waals surface area contributed by atoms with E-state index in [1.807, 2.05) is 26.0 Å². The van der Waals surface area contributed by atoms with Crippen LogP contribution in [0.2, 0.25) is 5.02 Å². The van der Waals surface area contributed by atoms with Crippen molar-refractivity contribution in [3.05, 3.63) is 58.6 Å². The molecule has 0 aromatic heterocycles. The molecule has 0 saturated carbocycles. The third-order valence-corrected chi connectivity index (χ3v) is 6.72. The minimum atomic E-state index is -0.538. The number of benzene rings is 3. The van der Waals surface area contributed by atoms with Crippen molar-refractivity contribution >= 4 is 34.3 Å². The molecule has 0 spiro atoms. The van der Waals surface area contributed by atoms with Gasteiger partial charge in [-0.3, -0.25) is 4.79 Å². The number of fused-ring (bicyclic) bond motifs is 1. The quantitative estimate of drug-likeness (QED) is 0.0974. The second kappa shape index (κ2) is 16.1. The fourth-order valence-electron chi connectivity index (χ4n) is 4.29. The highest BCUT2D eigenvalue weighted by Gasteiger charge is 2.28. The van der Waals surface area contributed by atoms with Crippen LogP contribution in [0, 0.1) is 0 Å². The van der Waals surface area contributed by atoms with Crippen LogP contribution in [0.5, 0.6) is 23.0 Å². The molecule has 0 heterocycles. The molecule has 0 bridgehead atoms. The molecule has 3 aromatic carbocycles. The third-order valence-electron chi connectivity index (χ3n) is 6.48. The molecule has 3 aromatic rings. The predicted octanol–water partition coefficient (Wildman–Crippen LogP) is 9.12. The summed E-state index contributed by atoms with van der Waals surface area (Å²) in [5.41, 5.74) is 1.52. The highest BCUT2D eigenvalue weighted by Crippen LogP contribution is 2.52. The largest absolute Gasteiger partial charge is 0.486 e. The van der Waals surface area contributed by atoms with Crippen LogP contribution in [0.1, 0.15) is 95.0 Å². The molecule has 0 aliphatic rings. The van der Waals surface area contributed by atoms with E-state index in [1.54, 1.807) is 30.3 Å². The van der Waals surface area contributed by atoms with Crippen LogP contribution in [-0.4, -0.2) is 25.2 Å². The minimum Gasteiger partial charge on any atom is -0.486 e. The summed E-state index contributed by atoms with van der Waals surface area (Å²) in [5, 5.41) is 1.48. The van der Waals surface area contributed by atoms with E-state index in [0.717, 1.165) is 50.5 Å². The number of carbonyl (C=O) groups excluding carboxylic acids is 2. The van der Waals surface area contributed by atoms with Crippen molar-refractivity contribution < 1.29 is 28.5 Å². The fraction of sp³-hybridized carbons (Fsp3) is 0.455.